The van der Waals surface area contributed by atoms with Crippen LogP contribution < -0.4 is 15.4 Å². The summed E-state index contributed by atoms with van der Waals surface area (Å²) in [5.41, 5.74) is 2.37. The molecule has 5 rings (SSSR count). The van der Waals surface area contributed by atoms with Crippen LogP contribution in [0.1, 0.15) is 31.2 Å². The zero-order chi connectivity index (χ0) is 25.1. The van der Waals surface area contributed by atoms with Gasteiger partial charge in [0.2, 0.25) is 11.9 Å². The minimum atomic E-state index is -0.715. The van der Waals surface area contributed by atoms with Crippen LogP contribution in [0, 0.1) is 11.6 Å². The molecular weight excluding hydrogens is 466 g/mol. The molecule has 2 heterocycles. The van der Waals surface area contributed by atoms with Crippen molar-refractivity contribution in [3.8, 4) is 17.0 Å². The molecule has 2 atom stereocenters. The lowest BCUT2D eigenvalue weighted by atomic mass is 9.91. The largest absolute Gasteiger partial charge is 0.496 e. The van der Waals surface area contributed by atoms with Gasteiger partial charge in [0, 0.05) is 29.9 Å². The third-order valence-corrected chi connectivity index (χ3v) is 6.43. The van der Waals surface area contributed by atoms with E-state index in [0.29, 0.717) is 18.0 Å². The van der Waals surface area contributed by atoms with Gasteiger partial charge in [0.25, 0.3) is 0 Å². The van der Waals surface area contributed by atoms with Crippen molar-refractivity contribution < 1.29 is 18.3 Å². The molecule has 3 N–H and O–H groups in total. The van der Waals surface area contributed by atoms with Gasteiger partial charge in [-0.15, -0.1) is 0 Å². The van der Waals surface area contributed by atoms with Crippen molar-refractivity contribution in [3.05, 3.63) is 65.9 Å². The molecular formula is C26H26F2N6O2. The summed E-state index contributed by atoms with van der Waals surface area (Å²) in [6.07, 6.45) is 4.94. The molecule has 8 nitrogen and oxygen atoms in total. The summed E-state index contributed by atoms with van der Waals surface area (Å²) in [5, 5.41) is 14.5. The molecule has 0 aliphatic heterocycles. The zero-order valence-corrected chi connectivity index (χ0v) is 19.7. The Hall–Kier alpha value is -4.08. The van der Waals surface area contributed by atoms with Crippen molar-refractivity contribution in [1.29, 1.82) is 0 Å². The molecule has 1 aliphatic rings. The molecule has 0 saturated heterocycles. The van der Waals surface area contributed by atoms with Crippen molar-refractivity contribution in [2.45, 2.75) is 44.2 Å². The van der Waals surface area contributed by atoms with E-state index < -0.39 is 11.6 Å². The highest BCUT2D eigenvalue weighted by Crippen LogP contribution is 2.32. The number of nitrogens with zero attached hydrogens (tertiary/aromatic N) is 3. The summed E-state index contributed by atoms with van der Waals surface area (Å²) >= 11 is 0. The molecule has 1 fully saturated rings. The number of amides is 1. The second-order valence-electron chi connectivity index (χ2n) is 8.91. The molecule has 0 spiro atoms. The fraction of sp³-hybridized carbons (Fsp3) is 0.308. The molecule has 1 aliphatic carbocycles. The van der Waals surface area contributed by atoms with E-state index in [1.165, 1.54) is 6.07 Å². The quantitative estimate of drug-likeness (QED) is 0.354. The number of carbonyl (C=O) groups is 1. The number of carbonyl (C=O) groups excluding carboxylic acids is 1. The molecule has 0 unspecified atom stereocenters. The van der Waals surface area contributed by atoms with E-state index in [0.717, 1.165) is 53.8 Å². The van der Waals surface area contributed by atoms with Crippen LogP contribution in [-0.4, -0.2) is 45.3 Å². The van der Waals surface area contributed by atoms with Gasteiger partial charge >= 0.3 is 0 Å². The Bertz CT molecular complexity index is 1390. The standard InChI is InChI=1S/C26H26F2N6O2/c1-36-22-8-3-2-7-19(22)24-20-14-29-26(32-25(20)34-33-24)31-18-6-4-5-17(13-18)30-23(35)11-15-9-10-16(27)12-21(15)28/h2-3,7-10,12,14,17-18H,4-6,11,13H2,1H3,(H,30,35)(H2,29,31,32,33,34)/t17-,18-/m0/s1. The van der Waals surface area contributed by atoms with Gasteiger partial charge in [0.15, 0.2) is 5.65 Å². The normalized spacial score (nSPS) is 17.6. The van der Waals surface area contributed by atoms with Crippen molar-refractivity contribution in [1.82, 2.24) is 25.5 Å². The molecule has 1 saturated carbocycles. The monoisotopic (exact) mass is 492 g/mol. The fourth-order valence-corrected chi connectivity index (χ4v) is 4.68. The van der Waals surface area contributed by atoms with E-state index in [9.17, 15) is 13.6 Å². The van der Waals surface area contributed by atoms with Crippen LogP contribution in [0.2, 0.25) is 0 Å². The predicted molar refractivity (Wildman–Crippen MR) is 132 cm³/mol. The number of hydrogen-bond acceptors (Lipinski definition) is 6. The molecule has 0 bridgehead atoms. The highest BCUT2D eigenvalue weighted by molar-refractivity contribution is 5.92. The Morgan fingerprint density at radius 3 is 2.83 bits per heavy atom. The minimum absolute atomic E-state index is 0.0569. The highest BCUT2D eigenvalue weighted by Gasteiger charge is 2.24. The lowest BCUT2D eigenvalue weighted by Crippen LogP contribution is -2.42. The first-order valence-electron chi connectivity index (χ1n) is 11.8. The number of para-hydroxylation sites is 1. The Morgan fingerprint density at radius 1 is 1.17 bits per heavy atom. The molecule has 186 valence electrons. The van der Waals surface area contributed by atoms with Gasteiger partial charge in [-0.25, -0.2) is 13.8 Å². The Kier molecular flexibility index (Phi) is 6.75. The third-order valence-electron chi connectivity index (χ3n) is 6.43. The first-order chi connectivity index (χ1) is 17.5. The second kappa shape index (κ2) is 10.3. The summed E-state index contributed by atoms with van der Waals surface area (Å²) in [4.78, 5) is 21.5. The number of ether oxygens (including phenoxy) is 1. The predicted octanol–water partition coefficient (Wildman–Crippen LogP) is 4.39. The summed E-state index contributed by atoms with van der Waals surface area (Å²) in [5.74, 6) is -0.477. The first kappa shape index (κ1) is 23.7. The Labute approximate surface area is 206 Å². The number of hydrogen-bond donors (Lipinski definition) is 3. The summed E-state index contributed by atoms with van der Waals surface area (Å²) in [7, 11) is 1.62. The topological polar surface area (TPSA) is 105 Å². The van der Waals surface area contributed by atoms with Crippen LogP contribution in [-0.2, 0) is 11.2 Å². The van der Waals surface area contributed by atoms with Gasteiger partial charge in [0.1, 0.15) is 17.4 Å². The van der Waals surface area contributed by atoms with Crippen molar-refractivity contribution in [2.24, 2.45) is 0 Å². The van der Waals surface area contributed by atoms with E-state index in [4.69, 9.17) is 4.74 Å². The summed E-state index contributed by atoms with van der Waals surface area (Å²) in [6.45, 7) is 0. The number of halogens is 2. The number of anilines is 1. The van der Waals surface area contributed by atoms with Crippen LogP contribution in [0.15, 0.2) is 48.7 Å². The maximum Gasteiger partial charge on any atom is 0.224 e. The van der Waals surface area contributed by atoms with Crippen LogP contribution in [0.4, 0.5) is 14.7 Å². The average Bonchev–Trinajstić information content (AvgIpc) is 3.29. The zero-order valence-electron chi connectivity index (χ0n) is 19.7. The molecule has 36 heavy (non-hydrogen) atoms. The first-order valence-corrected chi connectivity index (χ1v) is 11.8. The molecule has 10 heteroatoms. The Balaban J connectivity index is 1.23. The van der Waals surface area contributed by atoms with Crippen molar-refractivity contribution >= 4 is 22.9 Å². The Morgan fingerprint density at radius 2 is 2.00 bits per heavy atom. The molecule has 1 amide bonds. The molecule has 0 radical (unpaired) electrons. The van der Waals surface area contributed by atoms with E-state index in [-0.39, 0.29) is 30.0 Å². The number of fused-ring (bicyclic) bond motifs is 1. The average molecular weight is 493 g/mol. The lowest BCUT2D eigenvalue weighted by molar-refractivity contribution is -0.121. The van der Waals surface area contributed by atoms with E-state index in [1.54, 1.807) is 13.3 Å². The maximum atomic E-state index is 13.9. The van der Waals surface area contributed by atoms with Crippen molar-refractivity contribution in [2.75, 3.05) is 12.4 Å². The lowest BCUT2D eigenvalue weighted by Gasteiger charge is -2.30. The second-order valence-corrected chi connectivity index (χ2v) is 8.91. The molecule has 4 aromatic rings. The molecule has 2 aromatic carbocycles. The van der Waals surface area contributed by atoms with Gasteiger partial charge in [-0.05, 0) is 49.4 Å². The number of methoxy groups -OCH3 is 1. The number of aromatic amines is 1. The van der Waals surface area contributed by atoms with Gasteiger partial charge in [-0.2, -0.15) is 10.1 Å². The van der Waals surface area contributed by atoms with E-state index in [1.807, 2.05) is 24.3 Å². The summed E-state index contributed by atoms with van der Waals surface area (Å²) in [6, 6.07) is 10.9. The number of aromatic nitrogens is 4. The van der Waals surface area contributed by atoms with Crippen LogP contribution in [0.5, 0.6) is 5.75 Å². The number of nitrogens with one attached hydrogen (secondary N) is 3. The van der Waals surface area contributed by atoms with Crippen LogP contribution in [0.3, 0.4) is 0 Å². The number of H-pyrrole nitrogens is 1. The van der Waals surface area contributed by atoms with E-state index >= 15 is 0 Å². The fourth-order valence-electron chi connectivity index (χ4n) is 4.68. The number of benzene rings is 2. The van der Waals surface area contributed by atoms with Gasteiger partial charge in [0.05, 0.1) is 24.6 Å². The SMILES string of the molecule is COc1ccccc1-c1[nH]nc2nc(N[C@H]3CCC[C@H](NC(=O)Cc4ccc(F)cc4F)C3)ncc12. The highest BCUT2D eigenvalue weighted by atomic mass is 19.1. The maximum absolute atomic E-state index is 13.9. The summed E-state index contributed by atoms with van der Waals surface area (Å²) < 4.78 is 32.4. The third kappa shape index (κ3) is 5.12. The van der Waals surface area contributed by atoms with Crippen LogP contribution >= 0.6 is 0 Å². The van der Waals surface area contributed by atoms with E-state index in [2.05, 4.69) is 30.8 Å². The molecule has 2 aromatic heterocycles. The minimum Gasteiger partial charge on any atom is -0.496 e. The van der Waals surface area contributed by atoms with Gasteiger partial charge in [-0.3, -0.25) is 9.89 Å². The number of rotatable bonds is 7. The van der Waals surface area contributed by atoms with Gasteiger partial charge in [-0.1, -0.05) is 18.2 Å². The van der Waals surface area contributed by atoms with Crippen LogP contribution in [0.25, 0.3) is 22.3 Å². The van der Waals surface area contributed by atoms with Gasteiger partial charge < -0.3 is 15.4 Å². The smallest absolute Gasteiger partial charge is 0.224 e. The van der Waals surface area contributed by atoms with Crippen molar-refractivity contribution in [3.63, 3.8) is 0 Å².